The largest absolute Gasteiger partial charge is 0.147 e. The Kier molecular flexibility index (Phi) is 8.68. The number of rotatable bonds is 3. The van der Waals surface area contributed by atoms with Crippen LogP contribution in [0.5, 0.6) is 5.75 Å². The molecule has 0 atom stereocenters. The van der Waals surface area contributed by atoms with Crippen LogP contribution in [-0.2, 0) is 30.4 Å². The van der Waals surface area contributed by atoms with Crippen LogP contribution >= 0.6 is 24.8 Å². The molecular weight excluding hydrogens is 363 g/mol. The van der Waals surface area contributed by atoms with Gasteiger partial charge in [0, 0.05) is 0 Å². The van der Waals surface area contributed by atoms with Gasteiger partial charge in [0.2, 0.25) is 0 Å². The molecule has 0 unspecified atom stereocenters. The van der Waals surface area contributed by atoms with Crippen LogP contribution in [0.25, 0.3) is 0 Å². The Morgan fingerprint density at radius 2 is 1.39 bits per heavy atom. The number of allylic oxidation sites excluding steroid dienone is 4. The summed E-state index contributed by atoms with van der Waals surface area (Å²) in [6, 6.07) is 6.78. The molecule has 23 heavy (non-hydrogen) atoms. The third-order valence-electron chi connectivity index (χ3n) is 3.71. The molecule has 1 aliphatic carbocycles. The first-order valence-corrected chi connectivity index (χ1v) is 9.03. The second-order valence-electron chi connectivity index (χ2n) is 7.77. The van der Waals surface area contributed by atoms with E-state index in [1.54, 1.807) is 0 Å². The van der Waals surface area contributed by atoms with Gasteiger partial charge in [0.05, 0.1) is 0 Å². The van der Waals surface area contributed by atoms with E-state index >= 15 is 0 Å². The topological polar surface area (TPSA) is 9.23 Å². The molecule has 0 saturated heterocycles. The van der Waals surface area contributed by atoms with Crippen molar-refractivity contribution in [3.05, 3.63) is 51.4 Å². The van der Waals surface area contributed by atoms with Crippen LogP contribution in [0.3, 0.4) is 0 Å². The van der Waals surface area contributed by atoms with Crippen molar-refractivity contribution < 1.29 is 22.9 Å². The molecule has 128 valence electrons. The SMILES string of the molecule is CC(C)(C)c1cc([O][Ti][C]2=CC=CC2)cc(C(C)(C)C)c1.Cl.Cl. The minimum Gasteiger partial charge on any atom is -0.147 e. The number of benzene rings is 1. The first kappa shape index (κ1) is 22.8. The van der Waals surface area contributed by atoms with Crippen LogP contribution in [0, 0.1) is 0 Å². The van der Waals surface area contributed by atoms with E-state index in [1.165, 1.54) is 15.0 Å². The maximum Gasteiger partial charge on any atom is -0.147 e. The molecule has 0 N–H and O–H groups in total. The summed E-state index contributed by atoms with van der Waals surface area (Å²) in [5, 5.41) is 0. The smallest absolute Gasteiger partial charge is 0.147 e. The summed E-state index contributed by atoms with van der Waals surface area (Å²) in [4.78, 5) is 0. The molecule has 0 radical (unpaired) electrons. The summed E-state index contributed by atoms with van der Waals surface area (Å²) in [6.07, 6.45) is 7.62. The summed E-state index contributed by atoms with van der Waals surface area (Å²) >= 11 is -0.500. The molecule has 0 aliphatic heterocycles. The molecule has 0 heterocycles. The second kappa shape index (κ2) is 8.76. The fourth-order valence-electron chi connectivity index (χ4n) is 2.17. The molecule has 1 aromatic rings. The Hall–Kier alpha value is -0.206. The van der Waals surface area contributed by atoms with Gasteiger partial charge in [0.15, 0.2) is 0 Å². The van der Waals surface area contributed by atoms with Crippen molar-refractivity contribution in [2.45, 2.75) is 58.8 Å². The van der Waals surface area contributed by atoms with Gasteiger partial charge in [-0.25, -0.2) is 0 Å². The van der Waals surface area contributed by atoms with Crippen LogP contribution in [-0.4, -0.2) is 0 Å². The standard InChI is InChI=1S/C14H22O.C5H5.2ClH.Ti/c1-13(2,3)10-7-11(14(4,5)6)9-12(15)8-10;1-2-4-5-3-1;;;/h7-9,15H,1-6H3;1-3H,4H2;2*1H;/q;;;;+1/p-1. The zero-order chi connectivity index (χ0) is 15.7. The molecule has 1 aromatic carbocycles. The monoisotopic (exact) mass is 390 g/mol. The Morgan fingerprint density at radius 1 is 0.870 bits per heavy atom. The van der Waals surface area contributed by atoms with E-state index in [2.05, 4.69) is 78.0 Å². The van der Waals surface area contributed by atoms with Gasteiger partial charge in [0.25, 0.3) is 0 Å². The van der Waals surface area contributed by atoms with Gasteiger partial charge in [0.1, 0.15) is 0 Å². The van der Waals surface area contributed by atoms with E-state index < -0.39 is 19.5 Å². The van der Waals surface area contributed by atoms with E-state index in [-0.39, 0.29) is 35.6 Å². The quantitative estimate of drug-likeness (QED) is 0.546. The maximum atomic E-state index is 6.18. The average Bonchev–Trinajstić information content (AvgIpc) is 2.87. The second-order valence-corrected chi connectivity index (χ2v) is 9.41. The first-order chi connectivity index (χ1) is 9.66. The molecule has 0 bridgehead atoms. The van der Waals surface area contributed by atoms with Crippen LogP contribution in [0.1, 0.15) is 59.1 Å². The number of hydrogen-bond donors (Lipinski definition) is 0. The molecule has 0 amide bonds. The van der Waals surface area contributed by atoms with Gasteiger partial charge in [-0.1, -0.05) is 0 Å². The molecule has 0 aromatic heterocycles. The Balaban J connectivity index is 0.00000242. The van der Waals surface area contributed by atoms with Crippen molar-refractivity contribution in [2.24, 2.45) is 0 Å². The zero-order valence-electron chi connectivity index (χ0n) is 14.9. The third kappa shape index (κ3) is 6.66. The van der Waals surface area contributed by atoms with Crippen LogP contribution in [0.15, 0.2) is 40.3 Å². The minimum atomic E-state index is -0.500. The van der Waals surface area contributed by atoms with E-state index in [9.17, 15) is 0 Å². The Labute approximate surface area is 163 Å². The summed E-state index contributed by atoms with van der Waals surface area (Å²) < 4.78 is 7.64. The van der Waals surface area contributed by atoms with E-state index in [4.69, 9.17) is 3.32 Å². The minimum absolute atomic E-state index is 0. The van der Waals surface area contributed by atoms with E-state index in [0.717, 1.165) is 12.2 Å². The molecule has 2 rings (SSSR count). The molecule has 0 saturated carbocycles. The summed E-state index contributed by atoms with van der Waals surface area (Å²) in [5.74, 6) is 1.04. The van der Waals surface area contributed by atoms with E-state index in [1.807, 2.05) is 0 Å². The fourth-order valence-corrected chi connectivity index (χ4v) is 3.31. The van der Waals surface area contributed by atoms with Crippen LogP contribution < -0.4 is 3.32 Å². The van der Waals surface area contributed by atoms with Crippen molar-refractivity contribution in [3.63, 3.8) is 0 Å². The van der Waals surface area contributed by atoms with Crippen LogP contribution in [0.4, 0.5) is 0 Å². The fraction of sp³-hybridized carbons (Fsp3) is 0.474. The van der Waals surface area contributed by atoms with Crippen molar-refractivity contribution in [2.75, 3.05) is 0 Å². The molecular formula is C19H28Cl2OTi. The maximum absolute atomic E-state index is 6.18. The average molecular weight is 391 g/mol. The predicted molar refractivity (Wildman–Crippen MR) is 101 cm³/mol. The Morgan fingerprint density at radius 3 is 1.78 bits per heavy atom. The zero-order valence-corrected chi connectivity index (χ0v) is 18.1. The van der Waals surface area contributed by atoms with Crippen molar-refractivity contribution in [1.82, 2.24) is 0 Å². The summed E-state index contributed by atoms with van der Waals surface area (Å²) in [5.41, 5.74) is 3.01. The first-order valence-electron chi connectivity index (χ1n) is 7.61. The number of hydrogen-bond acceptors (Lipinski definition) is 1. The van der Waals surface area contributed by atoms with Crippen molar-refractivity contribution in [1.29, 1.82) is 0 Å². The number of halogens is 2. The van der Waals surface area contributed by atoms with Gasteiger partial charge in [-0.05, 0) is 0 Å². The Bertz CT molecular complexity index is 546. The van der Waals surface area contributed by atoms with Gasteiger partial charge in [-0.2, -0.15) is 0 Å². The van der Waals surface area contributed by atoms with Gasteiger partial charge in [-0.3, -0.25) is 0 Å². The summed E-state index contributed by atoms with van der Waals surface area (Å²) in [6.45, 7) is 13.6. The molecule has 0 fully saturated rings. The van der Waals surface area contributed by atoms with Gasteiger partial charge < -0.3 is 0 Å². The molecule has 4 heteroatoms. The summed E-state index contributed by atoms with van der Waals surface area (Å²) in [7, 11) is 0. The van der Waals surface area contributed by atoms with Gasteiger partial charge in [-0.15, -0.1) is 24.8 Å². The van der Waals surface area contributed by atoms with E-state index in [0.29, 0.717) is 0 Å². The molecule has 0 spiro atoms. The van der Waals surface area contributed by atoms with Crippen molar-refractivity contribution >= 4 is 24.8 Å². The predicted octanol–water partition coefficient (Wildman–Crippen LogP) is 6.35. The third-order valence-corrected chi connectivity index (χ3v) is 5.23. The van der Waals surface area contributed by atoms with Crippen LogP contribution in [0.2, 0.25) is 0 Å². The molecule has 1 aliphatic rings. The molecule has 1 nitrogen and oxygen atoms in total. The van der Waals surface area contributed by atoms with Gasteiger partial charge >= 0.3 is 139 Å². The normalized spacial score (nSPS) is 13.7. The van der Waals surface area contributed by atoms with Crippen molar-refractivity contribution in [3.8, 4) is 5.75 Å².